The van der Waals surface area contributed by atoms with Crippen molar-refractivity contribution in [3.8, 4) is 10.7 Å². The van der Waals surface area contributed by atoms with Crippen LogP contribution in [0.5, 0.6) is 0 Å². The molecule has 5 heteroatoms. The fraction of sp³-hybridized carbons (Fsp3) is 0.538. The lowest BCUT2D eigenvalue weighted by molar-refractivity contribution is 0.282. The minimum absolute atomic E-state index is 0.128. The molecular weight excluding hydrogens is 244 g/mol. The largest absolute Gasteiger partial charge is 0.332 e. The molecule has 0 fully saturated rings. The lowest BCUT2D eigenvalue weighted by atomic mass is 9.77. The van der Waals surface area contributed by atoms with Crippen molar-refractivity contribution < 1.29 is 0 Å². The molecule has 2 heterocycles. The number of hydrogen-bond donors (Lipinski definition) is 1. The average molecular weight is 262 g/mol. The van der Waals surface area contributed by atoms with E-state index < -0.39 is 0 Å². The van der Waals surface area contributed by atoms with E-state index in [9.17, 15) is 0 Å². The van der Waals surface area contributed by atoms with Crippen LogP contribution >= 0.6 is 11.3 Å². The van der Waals surface area contributed by atoms with Gasteiger partial charge in [-0.2, -0.15) is 0 Å². The molecule has 1 atom stereocenters. The predicted molar refractivity (Wildman–Crippen MR) is 73.3 cm³/mol. The Morgan fingerprint density at radius 2 is 2.28 bits per heavy atom. The standard InChI is InChI=1S/C13H18N4S/c1-13(2)4-8(14)11-9(5-13)16-12(18-11)10-6-15-7-17(10)3/h6-8H,4-5,14H2,1-3H3. The number of nitrogens with zero attached hydrogens (tertiary/aromatic N) is 3. The molecule has 0 amide bonds. The van der Waals surface area contributed by atoms with Gasteiger partial charge in [0.25, 0.3) is 0 Å². The van der Waals surface area contributed by atoms with Gasteiger partial charge in [0.05, 0.1) is 23.9 Å². The van der Waals surface area contributed by atoms with Crippen molar-refractivity contribution in [2.24, 2.45) is 18.2 Å². The van der Waals surface area contributed by atoms with Crippen molar-refractivity contribution >= 4 is 11.3 Å². The molecule has 0 aromatic carbocycles. The topological polar surface area (TPSA) is 56.7 Å². The zero-order valence-corrected chi connectivity index (χ0v) is 11.8. The molecule has 18 heavy (non-hydrogen) atoms. The van der Waals surface area contributed by atoms with E-state index in [0.717, 1.165) is 23.5 Å². The van der Waals surface area contributed by atoms with Crippen molar-refractivity contribution in [1.82, 2.24) is 14.5 Å². The molecular formula is C13H18N4S. The summed E-state index contributed by atoms with van der Waals surface area (Å²) in [5.74, 6) is 0. The van der Waals surface area contributed by atoms with Crippen molar-refractivity contribution in [2.45, 2.75) is 32.7 Å². The van der Waals surface area contributed by atoms with Gasteiger partial charge in [0.2, 0.25) is 0 Å². The summed E-state index contributed by atoms with van der Waals surface area (Å²) in [6.07, 6.45) is 5.72. The highest BCUT2D eigenvalue weighted by atomic mass is 32.1. The van der Waals surface area contributed by atoms with Gasteiger partial charge in [0.1, 0.15) is 5.01 Å². The van der Waals surface area contributed by atoms with Gasteiger partial charge in [-0.1, -0.05) is 13.8 Å². The van der Waals surface area contributed by atoms with Gasteiger partial charge in [-0.15, -0.1) is 11.3 Å². The number of aromatic nitrogens is 3. The Hall–Kier alpha value is -1.20. The van der Waals surface area contributed by atoms with Gasteiger partial charge in [-0.05, 0) is 18.3 Å². The quantitative estimate of drug-likeness (QED) is 0.859. The van der Waals surface area contributed by atoms with E-state index in [0.29, 0.717) is 0 Å². The van der Waals surface area contributed by atoms with Crippen LogP contribution in [0.15, 0.2) is 12.5 Å². The number of fused-ring (bicyclic) bond motifs is 1. The third-order valence-corrected chi connectivity index (χ3v) is 4.77. The van der Waals surface area contributed by atoms with E-state index in [2.05, 4.69) is 18.8 Å². The third kappa shape index (κ3) is 1.87. The van der Waals surface area contributed by atoms with Gasteiger partial charge >= 0.3 is 0 Å². The van der Waals surface area contributed by atoms with Crippen LogP contribution in [0.1, 0.15) is 36.9 Å². The Bertz CT molecular complexity index is 582. The van der Waals surface area contributed by atoms with Gasteiger partial charge < -0.3 is 10.3 Å². The zero-order valence-electron chi connectivity index (χ0n) is 11.0. The number of hydrogen-bond acceptors (Lipinski definition) is 4. The van der Waals surface area contributed by atoms with Gasteiger partial charge in [-0.3, -0.25) is 0 Å². The number of imidazole rings is 1. The molecule has 96 valence electrons. The number of nitrogens with two attached hydrogens (primary N) is 1. The molecule has 2 N–H and O–H groups in total. The summed E-state index contributed by atoms with van der Waals surface area (Å²) >= 11 is 1.72. The van der Waals surface area contributed by atoms with Crippen LogP contribution in [-0.4, -0.2) is 14.5 Å². The first-order valence-corrected chi connectivity index (χ1v) is 7.00. The Morgan fingerprint density at radius 1 is 1.50 bits per heavy atom. The van der Waals surface area contributed by atoms with Gasteiger partial charge in [0.15, 0.2) is 0 Å². The van der Waals surface area contributed by atoms with Crippen molar-refractivity contribution in [2.75, 3.05) is 0 Å². The number of aryl methyl sites for hydroxylation is 1. The summed E-state index contributed by atoms with van der Waals surface area (Å²) in [6.45, 7) is 4.53. The van der Waals surface area contributed by atoms with Crippen LogP contribution in [-0.2, 0) is 13.5 Å². The fourth-order valence-electron chi connectivity index (χ4n) is 2.67. The molecule has 1 aliphatic rings. The van der Waals surface area contributed by atoms with Crippen LogP contribution in [0.3, 0.4) is 0 Å². The molecule has 1 aliphatic carbocycles. The van der Waals surface area contributed by atoms with Crippen molar-refractivity contribution in [3.63, 3.8) is 0 Å². The van der Waals surface area contributed by atoms with Crippen LogP contribution in [0.4, 0.5) is 0 Å². The highest BCUT2D eigenvalue weighted by Crippen LogP contribution is 2.43. The van der Waals surface area contributed by atoms with E-state index in [1.807, 2.05) is 17.8 Å². The maximum atomic E-state index is 6.27. The highest BCUT2D eigenvalue weighted by molar-refractivity contribution is 7.15. The number of thiazole rings is 1. The number of rotatable bonds is 1. The normalized spacial score (nSPS) is 21.9. The van der Waals surface area contributed by atoms with Gasteiger partial charge in [-0.25, -0.2) is 9.97 Å². The van der Waals surface area contributed by atoms with Crippen LogP contribution < -0.4 is 5.73 Å². The first-order chi connectivity index (χ1) is 8.46. The highest BCUT2D eigenvalue weighted by Gasteiger charge is 2.33. The van der Waals surface area contributed by atoms with E-state index in [1.165, 1.54) is 10.6 Å². The lowest BCUT2D eigenvalue weighted by Crippen LogP contribution is -2.28. The Labute approximate surface area is 111 Å². The SMILES string of the molecule is Cn1cncc1-c1nc2c(s1)C(N)CC(C)(C)C2. The second-order valence-electron chi connectivity index (χ2n) is 5.87. The Morgan fingerprint density at radius 3 is 2.94 bits per heavy atom. The molecule has 1 unspecified atom stereocenters. The fourth-order valence-corrected chi connectivity index (χ4v) is 3.80. The van der Waals surface area contributed by atoms with Crippen molar-refractivity contribution in [1.29, 1.82) is 0 Å². The molecule has 0 bridgehead atoms. The van der Waals surface area contributed by atoms with Crippen molar-refractivity contribution in [3.05, 3.63) is 23.1 Å². The molecule has 4 nitrogen and oxygen atoms in total. The van der Waals surface area contributed by atoms with E-state index >= 15 is 0 Å². The molecule has 0 spiro atoms. The molecule has 2 aromatic heterocycles. The average Bonchev–Trinajstić information content (AvgIpc) is 2.82. The molecule has 0 saturated carbocycles. The molecule has 0 radical (unpaired) electrons. The molecule has 2 aromatic rings. The predicted octanol–water partition coefficient (Wildman–Crippen LogP) is 2.52. The Balaban J connectivity index is 2.06. The maximum Gasteiger partial charge on any atom is 0.142 e. The smallest absolute Gasteiger partial charge is 0.142 e. The Kier molecular flexibility index (Phi) is 2.57. The monoisotopic (exact) mass is 262 g/mol. The second kappa shape index (κ2) is 3.90. The minimum atomic E-state index is 0.128. The molecule has 0 aliphatic heterocycles. The molecule has 0 saturated heterocycles. The van der Waals surface area contributed by atoms with Crippen LogP contribution in [0, 0.1) is 5.41 Å². The minimum Gasteiger partial charge on any atom is -0.332 e. The summed E-state index contributed by atoms with van der Waals surface area (Å²) in [4.78, 5) is 10.2. The zero-order chi connectivity index (χ0) is 12.9. The van der Waals surface area contributed by atoms with E-state index in [-0.39, 0.29) is 11.5 Å². The first kappa shape index (κ1) is 11.9. The third-order valence-electron chi connectivity index (χ3n) is 3.52. The summed E-state index contributed by atoms with van der Waals surface area (Å²) in [5.41, 5.74) is 8.78. The summed E-state index contributed by atoms with van der Waals surface area (Å²) in [5, 5.41) is 1.04. The maximum absolute atomic E-state index is 6.27. The van der Waals surface area contributed by atoms with Gasteiger partial charge in [0, 0.05) is 18.0 Å². The first-order valence-electron chi connectivity index (χ1n) is 6.18. The lowest BCUT2D eigenvalue weighted by Gasteiger charge is -2.32. The van der Waals surface area contributed by atoms with Crippen LogP contribution in [0.2, 0.25) is 0 Å². The van der Waals surface area contributed by atoms with E-state index in [4.69, 9.17) is 10.7 Å². The summed E-state index contributed by atoms with van der Waals surface area (Å²) in [7, 11) is 1.99. The summed E-state index contributed by atoms with van der Waals surface area (Å²) in [6, 6.07) is 0.128. The molecule has 3 rings (SSSR count). The summed E-state index contributed by atoms with van der Waals surface area (Å²) < 4.78 is 2.00. The van der Waals surface area contributed by atoms with Crippen LogP contribution in [0.25, 0.3) is 10.7 Å². The van der Waals surface area contributed by atoms with E-state index in [1.54, 1.807) is 17.7 Å². The second-order valence-corrected chi connectivity index (χ2v) is 6.90.